The third-order valence-corrected chi connectivity index (χ3v) is 3.55. The van der Waals surface area contributed by atoms with Crippen LogP contribution in [0, 0.1) is 0 Å². The van der Waals surface area contributed by atoms with E-state index in [1.807, 2.05) is 6.07 Å². The highest BCUT2D eigenvalue weighted by Crippen LogP contribution is 2.35. The first-order chi connectivity index (χ1) is 9.19. The number of nitrogens with one attached hydrogen (secondary N) is 1. The number of aromatic amines is 1. The van der Waals surface area contributed by atoms with Crippen LogP contribution >= 0.6 is 0 Å². The first-order valence-corrected chi connectivity index (χ1v) is 6.10. The highest BCUT2D eigenvalue weighted by Gasteiger charge is 2.22. The first-order valence-electron chi connectivity index (χ1n) is 6.10. The van der Waals surface area contributed by atoms with Gasteiger partial charge in [-0.2, -0.15) is 0 Å². The van der Waals surface area contributed by atoms with E-state index in [4.69, 9.17) is 0 Å². The molecule has 1 aliphatic carbocycles. The predicted octanol–water partition coefficient (Wildman–Crippen LogP) is 1.26. The normalized spacial score (nSPS) is 15.4. The molecule has 0 aromatic carbocycles. The Kier molecular flexibility index (Phi) is 2.81. The lowest BCUT2D eigenvalue weighted by atomic mass is 9.83. The third kappa shape index (κ3) is 2.00. The summed E-state index contributed by atoms with van der Waals surface area (Å²) < 4.78 is 13.0. The Morgan fingerprint density at radius 1 is 1.58 bits per heavy atom. The minimum absolute atomic E-state index is 0.0992. The van der Waals surface area contributed by atoms with Gasteiger partial charge in [-0.25, -0.2) is 14.3 Å². The molecule has 3 rings (SSSR count). The number of carbonyl (C=O) groups excluding carboxylic acids is 1. The van der Waals surface area contributed by atoms with Gasteiger partial charge < -0.3 is 0 Å². The van der Waals surface area contributed by atoms with Crippen LogP contribution in [0.2, 0.25) is 0 Å². The van der Waals surface area contributed by atoms with Gasteiger partial charge in [-0.1, -0.05) is 6.42 Å². The van der Waals surface area contributed by atoms with Crippen molar-refractivity contribution in [3.63, 3.8) is 0 Å². The van der Waals surface area contributed by atoms with Gasteiger partial charge in [0.05, 0.1) is 6.42 Å². The lowest BCUT2D eigenvalue weighted by Gasteiger charge is -2.23. The largest absolute Gasteiger partial charge is 0.353 e. The minimum Gasteiger partial charge on any atom is -0.293 e. The zero-order chi connectivity index (χ0) is 13.4. The molecule has 1 saturated carbocycles. The Bertz CT molecular complexity index is 687. The van der Waals surface area contributed by atoms with E-state index in [0.717, 1.165) is 18.5 Å². The number of aromatic nitrogens is 3. The molecular weight excluding hydrogens is 253 g/mol. The van der Waals surface area contributed by atoms with Gasteiger partial charge in [-0.05, 0) is 12.8 Å². The van der Waals surface area contributed by atoms with Gasteiger partial charge in [-0.3, -0.25) is 14.8 Å². The summed E-state index contributed by atoms with van der Waals surface area (Å²) in [5.74, 6) is -0.662. The summed E-state index contributed by atoms with van der Waals surface area (Å²) in [6, 6.07) is 1.84. The van der Waals surface area contributed by atoms with E-state index in [9.17, 15) is 14.1 Å². The second kappa shape index (κ2) is 4.49. The Morgan fingerprint density at radius 2 is 2.37 bits per heavy atom. The van der Waals surface area contributed by atoms with Gasteiger partial charge in [0.1, 0.15) is 0 Å². The van der Waals surface area contributed by atoms with Crippen molar-refractivity contribution in [2.24, 2.45) is 0 Å². The van der Waals surface area contributed by atoms with Crippen molar-refractivity contribution in [2.75, 3.05) is 0 Å². The Hall–Kier alpha value is -2.18. The van der Waals surface area contributed by atoms with Crippen molar-refractivity contribution >= 4 is 11.6 Å². The van der Waals surface area contributed by atoms with E-state index in [1.54, 1.807) is 0 Å². The van der Waals surface area contributed by atoms with Gasteiger partial charge in [0, 0.05) is 34.0 Å². The molecule has 0 atom stereocenters. The lowest BCUT2D eigenvalue weighted by Crippen LogP contribution is -2.22. The van der Waals surface area contributed by atoms with Crippen molar-refractivity contribution in [3.05, 3.63) is 33.9 Å². The summed E-state index contributed by atoms with van der Waals surface area (Å²) in [7, 11) is 0. The molecule has 0 spiro atoms. The molecule has 0 radical (unpaired) electrons. The molecular formula is C12H12FN3O3. The molecule has 2 heterocycles. The van der Waals surface area contributed by atoms with Crippen molar-refractivity contribution in [1.82, 2.24) is 14.6 Å². The number of halogens is 1. The average Bonchev–Trinajstić information content (AvgIpc) is 2.74. The molecule has 1 fully saturated rings. The number of nitrogens with zero attached hydrogens (tertiary/aromatic N) is 2. The number of carbonyl (C=O) groups is 1. The van der Waals surface area contributed by atoms with Gasteiger partial charge in [-0.15, -0.1) is 0 Å². The summed E-state index contributed by atoms with van der Waals surface area (Å²) in [4.78, 5) is 30.1. The van der Waals surface area contributed by atoms with Crippen molar-refractivity contribution in [2.45, 2.75) is 31.6 Å². The number of rotatable bonds is 3. The Morgan fingerprint density at radius 3 is 3.00 bits per heavy atom. The molecule has 7 heteroatoms. The quantitative estimate of drug-likeness (QED) is 0.906. The number of hydrogen-bond donors (Lipinski definition) is 1. The number of hydrogen-bond acceptors (Lipinski definition) is 4. The zero-order valence-electron chi connectivity index (χ0n) is 10.1. The van der Waals surface area contributed by atoms with E-state index in [2.05, 4.69) is 15.0 Å². The molecule has 1 aliphatic rings. The van der Waals surface area contributed by atoms with Crippen LogP contribution in [-0.4, -0.2) is 20.6 Å². The fraction of sp³-hybridized carbons (Fsp3) is 0.417. The van der Waals surface area contributed by atoms with Crippen LogP contribution in [-0.2, 0) is 16.2 Å². The second-order valence-electron chi connectivity index (χ2n) is 4.75. The predicted molar refractivity (Wildman–Crippen MR) is 63.3 cm³/mol. The zero-order valence-corrected chi connectivity index (χ0v) is 10.1. The summed E-state index contributed by atoms with van der Waals surface area (Å²) in [6.07, 6.45) is 4.25. The summed E-state index contributed by atoms with van der Waals surface area (Å²) >= 11 is 0. The minimum atomic E-state index is -1.11. The monoisotopic (exact) mass is 265 g/mol. The molecule has 19 heavy (non-hydrogen) atoms. The average molecular weight is 265 g/mol. The standard InChI is InChI=1S/C12H12FN3O3/c13-19-11(17)4-8-6-14-10-5-9(7-2-1-3-7)15-16(10)12(8)18/h5-7,15H,1-4H2. The highest BCUT2D eigenvalue weighted by molar-refractivity contribution is 5.71. The molecule has 0 unspecified atom stereocenters. The maximum atomic E-state index is 12.1. The van der Waals surface area contributed by atoms with Gasteiger partial charge in [0.15, 0.2) is 5.65 Å². The van der Waals surface area contributed by atoms with Crippen molar-refractivity contribution in [1.29, 1.82) is 0 Å². The van der Waals surface area contributed by atoms with Gasteiger partial charge in [0.25, 0.3) is 5.56 Å². The second-order valence-corrected chi connectivity index (χ2v) is 4.75. The van der Waals surface area contributed by atoms with E-state index in [0.29, 0.717) is 11.6 Å². The topological polar surface area (TPSA) is 76.5 Å². The van der Waals surface area contributed by atoms with E-state index in [1.165, 1.54) is 17.1 Å². The number of H-pyrrole nitrogens is 1. The van der Waals surface area contributed by atoms with Crippen molar-refractivity contribution in [3.8, 4) is 0 Å². The summed E-state index contributed by atoms with van der Waals surface area (Å²) in [5, 5.41) is 2.99. The number of fused-ring (bicyclic) bond motifs is 1. The van der Waals surface area contributed by atoms with Crippen LogP contribution in [0.1, 0.15) is 36.4 Å². The SMILES string of the molecule is O=C(Cc1cnc2cc(C3CCC3)[nH]n2c1=O)OF. The maximum absolute atomic E-state index is 12.1. The van der Waals surface area contributed by atoms with Gasteiger partial charge in [0.2, 0.25) is 0 Å². The maximum Gasteiger partial charge on any atom is 0.353 e. The van der Waals surface area contributed by atoms with E-state index < -0.39 is 17.9 Å². The smallest absolute Gasteiger partial charge is 0.293 e. The molecule has 0 amide bonds. The Labute approximate surface area is 107 Å². The van der Waals surface area contributed by atoms with Crippen LogP contribution in [0.15, 0.2) is 17.1 Å². The van der Waals surface area contributed by atoms with Crippen LogP contribution in [0.5, 0.6) is 0 Å². The van der Waals surface area contributed by atoms with Crippen molar-refractivity contribution < 1.29 is 14.3 Å². The first kappa shape index (κ1) is 11.9. The fourth-order valence-corrected chi connectivity index (χ4v) is 2.25. The lowest BCUT2D eigenvalue weighted by molar-refractivity contribution is -0.182. The highest BCUT2D eigenvalue weighted by atomic mass is 19.3. The summed E-state index contributed by atoms with van der Waals surface area (Å²) in [5.41, 5.74) is 1.17. The third-order valence-electron chi connectivity index (χ3n) is 3.55. The molecule has 2 aromatic heterocycles. The molecule has 100 valence electrons. The Balaban J connectivity index is 2.01. The molecule has 6 nitrogen and oxygen atoms in total. The molecule has 1 N–H and O–H groups in total. The fourth-order valence-electron chi connectivity index (χ4n) is 2.25. The van der Waals surface area contributed by atoms with Crippen LogP contribution in [0.25, 0.3) is 5.65 Å². The molecule has 0 bridgehead atoms. The van der Waals surface area contributed by atoms with E-state index in [-0.39, 0.29) is 5.56 Å². The van der Waals surface area contributed by atoms with Gasteiger partial charge >= 0.3 is 5.97 Å². The molecule has 2 aromatic rings. The van der Waals surface area contributed by atoms with E-state index >= 15 is 0 Å². The van der Waals surface area contributed by atoms with Crippen LogP contribution < -0.4 is 5.56 Å². The summed E-state index contributed by atoms with van der Waals surface area (Å²) in [6.45, 7) is 0. The molecule has 0 aliphatic heterocycles. The van der Waals surface area contributed by atoms with Crippen LogP contribution in [0.4, 0.5) is 4.53 Å². The molecule has 0 saturated heterocycles. The van der Waals surface area contributed by atoms with Crippen LogP contribution in [0.3, 0.4) is 0 Å².